The van der Waals surface area contributed by atoms with Gasteiger partial charge < -0.3 is 10.1 Å². The Balaban J connectivity index is 2.10. The highest BCUT2D eigenvalue weighted by atomic mass is 16.5. The molecule has 0 radical (unpaired) electrons. The fourth-order valence-electron chi connectivity index (χ4n) is 1.94. The van der Waals surface area contributed by atoms with Gasteiger partial charge in [-0.3, -0.25) is 9.48 Å². The fourth-order valence-corrected chi connectivity index (χ4v) is 1.94. The number of amides is 1. The predicted molar refractivity (Wildman–Crippen MR) is 78.4 cm³/mol. The second-order valence-electron chi connectivity index (χ2n) is 4.51. The lowest BCUT2D eigenvalue weighted by molar-refractivity contribution is 0.0600. The van der Waals surface area contributed by atoms with Crippen LogP contribution in [0.5, 0.6) is 0 Å². The van der Waals surface area contributed by atoms with Crippen LogP contribution in [-0.4, -0.2) is 28.8 Å². The monoisotopic (exact) mass is 287 g/mol. The van der Waals surface area contributed by atoms with E-state index in [2.05, 4.69) is 15.2 Å². The molecule has 1 aromatic heterocycles. The Bertz CT molecular complexity index is 659. The lowest BCUT2D eigenvalue weighted by atomic mass is 10.2. The first-order valence-electron chi connectivity index (χ1n) is 6.59. The summed E-state index contributed by atoms with van der Waals surface area (Å²) in [5.41, 5.74) is 2.33. The highest BCUT2D eigenvalue weighted by molar-refractivity contribution is 6.03. The van der Waals surface area contributed by atoms with Gasteiger partial charge in [-0.05, 0) is 44.2 Å². The Hall–Kier alpha value is -2.63. The van der Waals surface area contributed by atoms with Crippen LogP contribution in [0.15, 0.2) is 30.3 Å². The average Bonchev–Trinajstić information content (AvgIpc) is 2.88. The van der Waals surface area contributed by atoms with Crippen LogP contribution in [0.25, 0.3) is 0 Å². The molecule has 110 valence electrons. The van der Waals surface area contributed by atoms with Crippen LogP contribution in [0.2, 0.25) is 0 Å². The molecule has 0 bridgehead atoms. The van der Waals surface area contributed by atoms with Crippen molar-refractivity contribution >= 4 is 17.6 Å². The van der Waals surface area contributed by atoms with Crippen molar-refractivity contribution in [1.29, 1.82) is 0 Å². The number of hydrogen-bond donors (Lipinski definition) is 1. The minimum Gasteiger partial charge on any atom is -0.465 e. The van der Waals surface area contributed by atoms with Gasteiger partial charge in [-0.2, -0.15) is 5.10 Å². The first-order valence-corrected chi connectivity index (χ1v) is 6.59. The summed E-state index contributed by atoms with van der Waals surface area (Å²) in [5.74, 6) is -0.693. The van der Waals surface area contributed by atoms with E-state index in [1.54, 1.807) is 35.0 Å². The predicted octanol–water partition coefficient (Wildman–Crippen LogP) is 2.25. The zero-order valence-corrected chi connectivity index (χ0v) is 12.2. The van der Waals surface area contributed by atoms with E-state index in [-0.39, 0.29) is 5.91 Å². The minimum absolute atomic E-state index is 0.281. The second kappa shape index (κ2) is 6.21. The van der Waals surface area contributed by atoms with E-state index in [0.29, 0.717) is 23.5 Å². The zero-order chi connectivity index (χ0) is 15.4. The number of carbonyl (C=O) groups excluding carboxylic acids is 2. The van der Waals surface area contributed by atoms with Gasteiger partial charge in [0.15, 0.2) is 5.69 Å². The van der Waals surface area contributed by atoms with Crippen molar-refractivity contribution in [2.24, 2.45) is 0 Å². The third-order valence-electron chi connectivity index (χ3n) is 3.08. The van der Waals surface area contributed by atoms with Crippen molar-refractivity contribution in [3.05, 3.63) is 47.3 Å². The number of anilines is 1. The molecule has 0 fully saturated rings. The summed E-state index contributed by atoms with van der Waals surface area (Å²) in [6, 6.07) is 8.22. The number of benzene rings is 1. The smallest absolute Gasteiger partial charge is 0.337 e. The van der Waals surface area contributed by atoms with E-state index < -0.39 is 5.97 Å². The Morgan fingerprint density at radius 1 is 1.29 bits per heavy atom. The van der Waals surface area contributed by atoms with Gasteiger partial charge in [0, 0.05) is 17.9 Å². The molecular formula is C15H17N3O3. The second-order valence-corrected chi connectivity index (χ2v) is 4.51. The van der Waals surface area contributed by atoms with Crippen molar-refractivity contribution in [3.63, 3.8) is 0 Å². The molecule has 1 aromatic carbocycles. The van der Waals surface area contributed by atoms with E-state index >= 15 is 0 Å². The number of aromatic nitrogens is 2. The molecule has 1 N–H and O–H groups in total. The number of carbonyl (C=O) groups is 2. The van der Waals surface area contributed by atoms with E-state index in [4.69, 9.17) is 0 Å². The maximum absolute atomic E-state index is 12.1. The van der Waals surface area contributed by atoms with Gasteiger partial charge in [-0.25, -0.2) is 4.79 Å². The molecule has 0 aliphatic heterocycles. The van der Waals surface area contributed by atoms with Crippen molar-refractivity contribution in [2.45, 2.75) is 20.4 Å². The Morgan fingerprint density at radius 2 is 1.95 bits per heavy atom. The summed E-state index contributed by atoms with van der Waals surface area (Å²) in [4.78, 5) is 23.4. The Labute approximate surface area is 122 Å². The van der Waals surface area contributed by atoms with E-state index in [0.717, 1.165) is 5.69 Å². The maximum Gasteiger partial charge on any atom is 0.337 e. The van der Waals surface area contributed by atoms with Gasteiger partial charge in [0.05, 0.1) is 12.7 Å². The normalized spacial score (nSPS) is 10.2. The van der Waals surface area contributed by atoms with Crippen LogP contribution >= 0.6 is 0 Å². The van der Waals surface area contributed by atoms with Gasteiger partial charge in [0.2, 0.25) is 0 Å². The quantitative estimate of drug-likeness (QED) is 0.875. The van der Waals surface area contributed by atoms with Crippen molar-refractivity contribution in [1.82, 2.24) is 9.78 Å². The largest absolute Gasteiger partial charge is 0.465 e. The number of ether oxygens (including phenoxy) is 1. The maximum atomic E-state index is 12.1. The van der Waals surface area contributed by atoms with Crippen molar-refractivity contribution < 1.29 is 14.3 Å². The fraction of sp³-hybridized carbons (Fsp3) is 0.267. The number of methoxy groups -OCH3 is 1. The summed E-state index contributed by atoms with van der Waals surface area (Å²) in [5, 5.41) is 6.95. The molecule has 0 aliphatic rings. The highest BCUT2D eigenvalue weighted by Crippen LogP contribution is 2.12. The summed E-state index contributed by atoms with van der Waals surface area (Å²) in [6.07, 6.45) is 0. The topological polar surface area (TPSA) is 73.2 Å². The third-order valence-corrected chi connectivity index (χ3v) is 3.08. The first-order chi connectivity index (χ1) is 10.0. The van der Waals surface area contributed by atoms with Crippen LogP contribution in [0.3, 0.4) is 0 Å². The Kier molecular flexibility index (Phi) is 4.37. The minimum atomic E-state index is -0.412. The number of aryl methyl sites for hydroxylation is 2. The third kappa shape index (κ3) is 3.28. The molecule has 2 rings (SSSR count). The molecule has 0 saturated heterocycles. The van der Waals surface area contributed by atoms with Crippen LogP contribution in [0.1, 0.15) is 33.5 Å². The number of hydrogen-bond acceptors (Lipinski definition) is 4. The van der Waals surface area contributed by atoms with Crippen LogP contribution in [0.4, 0.5) is 5.69 Å². The highest BCUT2D eigenvalue weighted by Gasteiger charge is 2.12. The van der Waals surface area contributed by atoms with Crippen LogP contribution < -0.4 is 5.32 Å². The number of nitrogens with zero attached hydrogens (tertiary/aromatic N) is 2. The molecule has 6 heteroatoms. The molecule has 2 aromatic rings. The van der Waals surface area contributed by atoms with Gasteiger partial charge >= 0.3 is 5.97 Å². The molecule has 21 heavy (non-hydrogen) atoms. The van der Waals surface area contributed by atoms with Crippen molar-refractivity contribution in [3.8, 4) is 0 Å². The molecule has 0 spiro atoms. The average molecular weight is 287 g/mol. The lowest BCUT2D eigenvalue weighted by Gasteiger charge is -2.04. The van der Waals surface area contributed by atoms with E-state index in [1.165, 1.54) is 7.11 Å². The molecule has 0 atom stereocenters. The van der Waals surface area contributed by atoms with Crippen LogP contribution in [0, 0.1) is 6.92 Å². The summed E-state index contributed by atoms with van der Waals surface area (Å²) >= 11 is 0. The number of rotatable bonds is 4. The molecule has 6 nitrogen and oxygen atoms in total. The summed E-state index contributed by atoms with van der Waals surface area (Å²) in [7, 11) is 1.32. The van der Waals surface area contributed by atoms with E-state index in [1.807, 2.05) is 13.8 Å². The van der Waals surface area contributed by atoms with Gasteiger partial charge in [0.25, 0.3) is 5.91 Å². The SMILES string of the molecule is CCn1nc(C(=O)Nc2ccc(C(=O)OC)cc2)cc1C. The number of nitrogens with one attached hydrogen (secondary N) is 1. The number of esters is 1. The molecule has 0 aliphatic carbocycles. The van der Waals surface area contributed by atoms with Gasteiger partial charge in [-0.1, -0.05) is 0 Å². The molecule has 1 amide bonds. The zero-order valence-electron chi connectivity index (χ0n) is 12.2. The van der Waals surface area contributed by atoms with Gasteiger partial charge in [-0.15, -0.1) is 0 Å². The standard InChI is InChI=1S/C15H17N3O3/c1-4-18-10(2)9-13(17-18)14(19)16-12-7-5-11(6-8-12)15(20)21-3/h5-9H,4H2,1-3H3,(H,16,19). The molecule has 1 heterocycles. The summed E-state index contributed by atoms with van der Waals surface area (Å²) in [6.45, 7) is 4.58. The lowest BCUT2D eigenvalue weighted by Crippen LogP contribution is -2.13. The van der Waals surface area contributed by atoms with Crippen LogP contribution in [-0.2, 0) is 11.3 Å². The molecule has 0 saturated carbocycles. The van der Waals surface area contributed by atoms with Gasteiger partial charge in [0.1, 0.15) is 0 Å². The van der Waals surface area contributed by atoms with E-state index in [9.17, 15) is 9.59 Å². The molecule has 0 unspecified atom stereocenters. The Morgan fingerprint density at radius 3 is 2.48 bits per heavy atom. The first kappa shape index (κ1) is 14.8. The summed E-state index contributed by atoms with van der Waals surface area (Å²) < 4.78 is 6.37. The molecular weight excluding hydrogens is 270 g/mol. The van der Waals surface area contributed by atoms with Crippen molar-refractivity contribution in [2.75, 3.05) is 12.4 Å².